The van der Waals surface area contributed by atoms with E-state index in [1.165, 1.54) is 18.7 Å². The van der Waals surface area contributed by atoms with Gasteiger partial charge in [-0.05, 0) is 85.6 Å². The second kappa shape index (κ2) is 13.8. The summed E-state index contributed by atoms with van der Waals surface area (Å²) in [4.78, 5) is 12.6. The predicted octanol–water partition coefficient (Wildman–Crippen LogP) is 5.48. The fraction of sp³-hybridized carbons (Fsp3) is 0.536. The maximum absolute atomic E-state index is 13.9. The highest BCUT2D eigenvalue weighted by Gasteiger charge is 2.47. The third-order valence-electron chi connectivity index (χ3n) is 6.77. The quantitative estimate of drug-likeness (QED) is 0.304. The summed E-state index contributed by atoms with van der Waals surface area (Å²) in [5.74, 6) is 0.530. The van der Waals surface area contributed by atoms with Crippen molar-refractivity contribution >= 4 is 18.4 Å². The first-order chi connectivity index (χ1) is 16.4. The number of nitrogens with one attached hydrogen (secondary N) is 1. The lowest BCUT2D eigenvalue weighted by atomic mass is 9.65. The van der Waals surface area contributed by atoms with Gasteiger partial charge in [0.2, 0.25) is 0 Å². The Kier molecular flexibility index (Phi) is 11.5. The van der Waals surface area contributed by atoms with Crippen LogP contribution in [-0.4, -0.2) is 45.5 Å². The normalized spacial score (nSPS) is 19.1. The fourth-order valence-corrected chi connectivity index (χ4v) is 5.30. The number of methoxy groups -OCH3 is 2. The molecule has 0 aromatic heterocycles. The van der Waals surface area contributed by atoms with E-state index in [2.05, 4.69) is 31.3 Å². The SMILES string of the molecule is COCC(=O)O[C@@]1(CCNCCCc2ccc(OC)cc2)CCc2cc(F)ccc2[C@H]1C(C)C.Cl. The Morgan fingerprint density at radius 3 is 2.54 bits per heavy atom. The number of esters is 1. The number of carbonyl (C=O) groups excluding carboxylic acids is 1. The molecule has 0 fully saturated rings. The van der Waals surface area contributed by atoms with Crippen LogP contribution in [0.25, 0.3) is 0 Å². The monoisotopic (exact) mass is 507 g/mol. The summed E-state index contributed by atoms with van der Waals surface area (Å²) in [6.45, 7) is 5.83. The molecule has 2 atom stereocenters. The fourth-order valence-electron chi connectivity index (χ4n) is 5.30. The van der Waals surface area contributed by atoms with Crippen molar-refractivity contribution < 1.29 is 23.4 Å². The lowest BCUT2D eigenvalue weighted by Gasteiger charge is -2.46. The molecule has 1 aliphatic carbocycles. The highest BCUT2D eigenvalue weighted by molar-refractivity contribution is 5.85. The standard InChI is InChI=1S/C28H38FNO4.ClH/c1-20(2)27-25-12-9-23(29)18-22(25)13-14-28(27,34-26(31)19-32-3)15-17-30-16-5-6-21-7-10-24(33-4)11-8-21;/h7-12,18,20,27,30H,5-6,13-17,19H2,1-4H3;1H/t27-,28-;/m1./s1. The minimum absolute atomic E-state index is 0. The maximum atomic E-state index is 13.9. The van der Waals surface area contributed by atoms with Gasteiger partial charge in [-0.2, -0.15) is 0 Å². The number of ether oxygens (including phenoxy) is 3. The summed E-state index contributed by atoms with van der Waals surface area (Å²) in [6.07, 6.45) is 4.06. The molecule has 0 aliphatic heterocycles. The number of aryl methyl sites for hydroxylation is 2. The molecule has 0 radical (unpaired) electrons. The van der Waals surface area contributed by atoms with Crippen LogP contribution in [0.5, 0.6) is 5.75 Å². The second-order valence-corrected chi connectivity index (χ2v) is 9.49. The molecule has 194 valence electrons. The lowest BCUT2D eigenvalue weighted by molar-refractivity contribution is -0.171. The molecule has 7 heteroatoms. The van der Waals surface area contributed by atoms with E-state index in [0.29, 0.717) is 19.3 Å². The van der Waals surface area contributed by atoms with E-state index in [1.54, 1.807) is 13.2 Å². The molecule has 0 amide bonds. The van der Waals surface area contributed by atoms with Crippen molar-refractivity contribution in [2.45, 2.75) is 57.5 Å². The molecule has 0 saturated heterocycles. The Labute approximate surface area is 215 Å². The van der Waals surface area contributed by atoms with Crippen LogP contribution in [0.2, 0.25) is 0 Å². The van der Waals surface area contributed by atoms with E-state index in [4.69, 9.17) is 14.2 Å². The van der Waals surface area contributed by atoms with Gasteiger partial charge in [0.15, 0.2) is 0 Å². The van der Waals surface area contributed by atoms with Gasteiger partial charge in [0.25, 0.3) is 0 Å². The molecule has 5 nitrogen and oxygen atoms in total. The molecule has 1 aliphatic rings. The maximum Gasteiger partial charge on any atom is 0.332 e. The zero-order valence-corrected chi connectivity index (χ0v) is 22.1. The van der Waals surface area contributed by atoms with Gasteiger partial charge in [0.1, 0.15) is 23.8 Å². The van der Waals surface area contributed by atoms with Gasteiger partial charge < -0.3 is 19.5 Å². The molecule has 2 aromatic rings. The number of rotatable bonds is 12. The molecular formula is C28H39ClFNO4. The molecule has 0 bridgehead atoms. The minimum Gasteiger partial charge on any atom is -0.497 e. The number of fused-ring (bicyclic) bond motifs is 1. The minimum atomic E-state index is -0.641. The lowest BCUT2D eigenvalue weighted by Crippen LogP contribution is -2.49. The molecule has 35 heavy (non-hydrogen) atoms. The van der Waals surface area contributed by atoms with Crippen LogP contribution in [0.4, 0.5) is 4.39 Å². The summed E-state index contributed by atoms with van der Waals surface area (Å²) < 4.78 is 30.3. The second-order valence-electron chi connectivity index (χ2n) is 9.49. The summed E-state index contributed by atoms with van der Waals surface area (Å²) >= 11 is 0. The summed E-state index contributed by atoms with van der Waals surface area (Å²) in [5.41, 5.74) is 2.75. The molecule has 1 N–H and O–H groups in total. The van der Waals surface area contributed by atoms with Crippen LogP contribution in [0.1, 0.15) is 55.7 Å². The number of benzene rings is 2. The van der Waals surface area contributed by atoms with Crippen molar-refractivity contribution in [3.8, 4) is 5.75 Å². The van der Waals surface area contributed by atoms with Crippen molar-refractivity contribution in [2.24, 2.45) is 5.92 Å². The molecule has 0 saturated carbocycles. The molecule has 3 rings (SSSR count). The number of halogens is 2. The predicted molar refractivity (Wildman–Crippen MR) is 139 cm³/mol. The molecule has 0 heterocycles. The Morgan fingerprint density at radius 1 is 1.14 bits per heavy atom. The molecule has 0 spiro atoms. The average molecular weight is 508 g/mol. The van der Waals surface area contributed by atoms with Crippen molar-refractivity contribution in [1.29, 1.82) is 0 Å². The van der Waals surface area contributed by atoms with Crippen molar-refractivity contribution in [3.63, 3.8) is 0 Å². The highest BCUT2D eigenvalue weighted by atomic mass is 35.5. The van der Waals surface area contributed by atoms with Gasteiger partial charge in [-0.15, -0.1) is 12.4 Å². The Hall–Kier alpha value is -2.15. The van der Waals surface area contributed by atoms with Gasteiger partial charge >= 0.3 is 5.97 Å². The largest absolute Gasteiger partial charge is 0.497 e. The number of carbonyl (C=O) groups is 1. The van der Waals surface area contributed by atoms with E-state index in [0.717, 1.165) is 42.8 Å². The van der Waals surface area contributed by atoms with Crippen LogP contribution >= 0.6 is 12.4 Å². The first-order valence-electron chi connectivity index (χ1n) is 12.2. The van der Waals surface area contributed by atoms with Crippen LogP contribution < -0.4 is 10.1 Å². The van der Waals surface area contributed by atoms with Gasteiger partial charge in [-0.1, -0.05) is 32.0 Å². The zero-order valence-electron chi connectivity index (χ0n) is 21.3. The number of hydrogen-bond donors (Lipinski definition) is 1. The molecule has 2 aromatic carbocycles. The van der Waals surface area contributed by atoms with E-state index >= 15 is 0 Å². The topological polar surface area (TPSA) is 56.8 Å². The number of hydrogen-bond acceptors (Lipinski definition) is 5. The summed E-state index contributed by atoms with van der Waals surface area (Å²) in [7, 11) is 3.17. The summed E-state index contributed by atoms with van der Waals surface area (Å²) in [6, 6.07) is 13.2. The van der Waals surface area contributed by atoms with Crippen LogP contribution in [0, 0.1) is 11.7 Å². The van der Waals surface area contributed by atoms with E-state index < -0.39 is 5.60 Å². The zero-order chi connectivity index (χ0) is 24.6. The van der Waals surface area contributed by atoms with E-state index in [-0.39, 0.29) is 42.6 Å². The van der Waals surface area contributed by atoms with Gasteiger partial charge in [0, 0.05) is 19.4 Å². The average Bonchev–Trinajstić information content (AvgIpc) is 2.81. The first kappa shape index (κ1) is 29.1. The van der Waals surface area contributed by atoms with E-state index in [1.807, 2.05) is 18.2 Å². The van der Waals surface area contributed by atoms with Crippen molar-refractivity contribution in [2.75, 3.05) is 33.9 Å². The van der Waals surface area contributed by atoms with Crippen LogP contribution in [0.15, 0.2) is 42.5 Å². The summed E-state index contributed by atoms with van der Waals surface area (Å²) in [5, 5.41) is 3.54. The Balaban J connectivity index is 0.00000432. The highest BCUT2D eigenvalue weighted by Crippen LogP contribution is 2.48. The first-order valence-corrected chi connectivity index (χ1v) is 12.2. The Morgan fingerprint density at radius 2 is 1.89 bits per heavy atom. The third kappa shape index (κ3) is 7.66. The Bertz CT molecular complexity index is 937. The third-order valence-corrected chi connectivity index (χ3v) is 6.77. The smallest absolute Gasteiger partial charge is 0.332 e. The van der Waals surface area contributed by atoms with Crippen molar-refractivity contribution in [1.82, 2.24) is 5.32 Å². The van der Waals surface area contributed by atoms with Crippen LogP contribution in [0.3, 0.4) is 0 Å². The van der Waals surface area contributed by atoms with Gasteiger partial charge in [-0.3, -0.25) is 0 Å². The van der Waals surface area contributed by atoms with E-state index in [9.17, 15) is 9.18 Å². The van der Waals surface area contributed by atoms with Gasteiger partial charge in [-0.25, -0.2) is 9.18 Å². The van der Waals surface area contributed by atoms with Crippen molar-refractivity contribution in [3.05, 3.63) is 65.0 Å². The van der Waals surface area contributed by atoms with Crippen LogP contribution in [-0.2, 0) is 27.1 Å². The van der Waals surface area contributed by atoms with Gasteiger partial charge in [0.05, 0.1) is 7.11 Å². The molecule has 0 unspecified atom stereocenters. The molecular weight excluding hydrogens is 469 g/mol.